The standard InChI is InChI=1S/C16H25ClN2O2/c1-4-19(5-2)12-11-18-15(16(20)21-6-3)13-7-9-14(17)10-8-13/h7-10,15,18H,4-6,11-12H2,1-3H3. The first-order valence-corrected chi connectivity index (χ1v) is 7.87. The molecule has 21 heavy (non-hydrogen) atoms. The third kappa shape index (κ3) is 6.04. The zero-order chi connectivity index (χ0) is 15.7. The van der Waals surface area contributed by atoms with Crippen LogP contribution >= 0.6 is 11.6 Å². The molecule has 0 saturated heterocycles. The second-order valence-electron chi connectivity index (χ2n) is 4.72. The van der Waals surface area contributed by atoms with Crippen LogP contribution in [0, 0.1) is 0 Å². The van der Waals surface area contributed by atoms with E-state index < -0.39 is 6.04 Å². The van der Waals surface area contributed by atoms with Gasteiger partial charge >= 0.3 is 5.97 Å². The van der Waals surface area contributed by atoms with Gasteiger partial charge in [0, 0.05) is 18.1 Å². The Bertz CT molecular complexity index is 419. The number of halogens is 1. The predicted molar refractivity (Wildman–Crippen MR) is 86.6 cm³/mol. The highest BCUT2D eigenvalue weighted by Gasteiger charge is 2.21. The summed E-state index contributed by atoms with van der Waals surface area (Å²) in [4.78, 5) is 14.4. The average Bonchev–Trinajstić information content (AvgIpc) is 2.49. The van der Waals surface area contributed by atoms with Crippen molar-refractivity contribution < 1.29 is 9.53 Å². The van der Waals surface area contributed by atoms with E-state index in [-0.39, 0.29) is 5.97 Å². The van der Waals surface area contributed by atoms with Crippen molar-refractivity contribution in [2.75, 3.05) is 32.8 Å². The minimum Gasteiger partial charge on any atom is -0.465 e. The van der Waals surface area contributed by atoms with Crippen LogP contribution in [0.2, 0.25) is 5.02 Å². The first kappa shape index (κ1) is 18.0. The number of benzene rings is 1. The molecule has 0 saturated carbocycles. The van der Waals surface area contributed by atoms with Crippen LogP contribution in [-0.2, 0) is 9.53 Å². The number of likely N-dealkylation sites (N-methyl/N-ethyl adjacent to an activating group) is 1. The molecule has 0 amide bonds. The molecule has 1 rings (SSSR count). The van der Waals surface area contributed by atoms with E-state index in [1.165, 1.54) is 0 Å². The van der Waals surface area contributed by atoms with Gasteiger partial charge in [0.15, 0.2) is 0 Å². The molecule has 1 aromatic rings. The van der Waals surface area contributed by atoms with Gasteiger partial charge in [0.2, 0.25) is 0 Å². The van der Waals surface area contributed by atoms with E-state index in [1.54, 1.807) is 12.1 Å². The van der Waals surface area contributed by atoms with E-state index in [9.17, 15) is 4.79 Å². The number of esters is 1. The molecule has 1 N–H and O–H groups in total. The van der Waals surface area contributed by atoms with Gasteiger partial charge in [0.05, 0.1) is 6.61 Å². The number of nitrogens with one attached hydrogen (secondary N) is 1. The maximum Gasteiger partial charge on any atom is 0.327 e. The molecule has 4 nitrogen and oxygen atoms in total. The largest absolute Gasteiger partial charge is 0.465 e. The second-order valence-corrected chi connectivity index (χ2v) is 5.15. The van der Waals surface area contributed by atoms with Crippen LogP contribution in [0.15, 0.2) is 24.3 Å². The molecule has 0 fully saturated rings. The quantitative estimate of drug-likeness (QED) is 0.712. The van der Waals surface area contributed by atoms with Crippen molar-refractivity contribution in [2.45, 2.75) is 26.8 Å². The molecular formula is C16H25ClN2O2. The van der Waals surface area contributed by atoms with Crippen LogP contribution in [0.5, 0.6) is 0 Å². The molecule has 0 aliphatic rings. The minimum atomic E-state index is -0.447. The Balaban J connectivity index is 2.69. The molecule has 0 radical (unpaired) electrons. The fourth-order valence-electron chi connectivity index (χ4n) is 2.12. The number of ether oxygens (including phenoxy) is 1. The van der Waals surface area contributed by atoms with Crippen molar-refractivity contribution in [3.63, 3.8) is 0 Å². The molecule has 0 bridgehead atoms. The van der Waals surface area contributed by atoms with Crippen molar-refractivity contribution in [1.29, 1.82) is 0 Å². The summed E-state index contributed by atoms with van der Waals surface area (Å²) in [5.41, 5.74) is 0.873. The van der Waals surface area contributed by atoms with Crippen LogP contribution in [0.1, 0.15) is 32.4 Å². The van der Waals surface area contributed by atoms with Crippen molar-refractivity contribution >= 4 is 17.6 Å². The van der Waals surface area contributed by atoms with Crippen molar-refractivity contribution in [3.8, 4) is 0 Å². The lowest BCUT2D eigenvalue weighted by Gasteiger charge is -2.22. The third-order valence-electron chi connectivity index (χ3n) is 3.40. The Hall–Kier alpha value is -1.10. The second kappa shape index (κ2) is 9.77. The average molecular weight is 313 g/mol. The molecule has 1 unspecified atom stereocenters. The first-order chi connectivity index (χ1) is 10.1. The van der Waals surface area contributed by atoms with Gasteiger partial charge in [-0.2, -0.15) is 0 Å². The van der Waals surface area contributed by atoms with Gasteiger partial charge in [-0.25, -0.2) is 4.79 Å². The van der Waals surface area contributed by atoms with Gasteiger partial charge in [-0.15, -0.1) is 0 Å². The molecule has 118 valence electrons. The summed E-state index contributed by atoms with van der Waals surface area (Å²) in [5.74, 6) is -0.251. The number of carbonyl (C=O) groups is 1. The van der Waals surface area contributed by atoms with E-state index in [0.29, 0.717) is 11.6 Å². The Morgan fingerprint density at radius 3 is 2.38 bits per heavy atom. The monoisotopic (exact) mass is 312 g/mol. The molecule has 0 aliphatic heterocycles. The van der Waals surface area contributed by atoms with E-state index in [1.807, 2.05) is 19.1 Å². The summed E-state index contributed by atoms with van der Waals surface area (Å²) >= 11 is 5.90. The SMILES string of the molecule is CCOC(=O)C(NCCN(CC)CC)c1ccc(Cl)cc1. The van der Waals surface area contributed by atoms with Crippen LogP contribution in [-0.4, -0.2) is 43.7 Å². The van der Waals surface area contributed by atoms with Crippen molar-refractivity contribution in [2.24, 2.45) is 0 Å². The van der Waals surface area contributed by atoms with Crippen LogP contribution in [0.3, 0.4) is 0 Å². The van der Waals surface area contributed by atoms with Crippen LogP contribution in [0.25, 0.3) is 0 Å². The molecular weight excluding hydrogens is 288 g/mol. The van der Waals surface area contributed by atoms with Crippen LogP contribution in [0.4, 0.5) is 0 Å². The Labute approximate surface area is 132 Å². The smallest absolute Gasteiger partial charge is 0.327 e. The van der Waals surface area contributed by atoms with Gasteiger partial charge in [0.1, 0.15) is 6.04 Å². The topological polar surface area (TPSA) is 41.6 Å². The zero-order valence-corrected chi connectivity index (χ0v) is 13.8. The van der Waals surface area contributed by atoms with Gasteiger partial charge in [0.25, 0.3) is 0 Å². The van der Waals surface area contributed by atoms with Gasteiger partial charge in [-0.3, -0.25) is 5.32 Å². The summed E-state index contributed by atoms with van der Waals surface area (Å²) in [7, 11) is 0. The third-order valence-corrected chi connectivity index (χ3v) is 3.65. The number of nitrogens with zero attached hydrogens (tertiary/aromatic N) is 1. The lowest BCUT2D eigenvalue weighted by molar-refractivity contribution is -0.145. The molecule has 0 spiro atoms. The minimum absolute atomic E-state index is 0.251. The first-order valence-electron chi connectivity index (χ1n) is 7.50. The van der Waals surface area contributed by atoms with Crippen molar-refractivity contribution in [3.05, 3.63) is 34.9 Å². The Morgan fingerprint density at radius 1 is 1.24 bits per heavy atom. The lowest BCUT2D eigenvalue weighted by Crippen LogP contribution is -2.37. The predicted octanol–water partition coefficient (Wildman–Crippen LogP) is 2.88. The van der Waals surface area contributed by atoms with Gasteiger partial charge in [-0.05, 0) is 37.7 Å². The zero-order valence-electron chi connectivity index (χ0n) is 13.1. The Kier molecular flexibility index (Phi) is 8.35. The highest BCUT2D eigenvalue weighted by molar-refractivity contribution is 6.30. The molecule has 0 aromatic heterocycles. The summed E-state index contributed by atoms with van der Waals surface area (Å²) in [6, 6.07) is 6.84. The summed E-state index contributed by atoms with van der Waals surface area (Å²) in [6.45, 7) is 10.1. The maximum atomic E-state index is 12.1. The van der Waals surface area contributed by atoms with E-state index in [2.05, 4.69) is 24.1 Å². The fourth-order valence-corrected chi connectivity index (χ4v) is 2.25. The number of carbonyl (C=O) groups excluding carboxylic acids is 1. The van der Waals surface area contributed by atoms with Crippen LogP contribution < -0.4 is 5.32 Å². The lowest BCUT2D eigenvalue weighted by atomic mass is 10.1. The van der Waals surface area contributed by atoms with Gasteiger partial charge < -0.3 is 9.64 Å². The number of rotatable bonds is 9. The number of hydrogen-bond acceptors (Lipinski definition) is 4. The van der Waals surface area contributed by atoms with E-state index in [0.717, 1.165) is 31.7 Å². The molecule has 0 aliphatic carbocycles. The Morgan fingerprint density at radius 2 is 1.86 bits per heavy atom. The van der Waals surface area contributed by atoms with Crippen molar-refractivity contribution in [1.82, 2.24) is 10.2 Å². The molecule has 1 atom stereocenters. The summed E-state index contributed by atoms with van der Waals surface area (Å²) < 4.78 is 5.15. The normalized spacial score (nSPS) is 12.4. The highest BCUT2D eigenvalue weighted by Crippen LogP contribution is 2.17. The fraction of sp³-hybridized carbons (Fsp3) is 0.562. The summed E-state index contributed by atoms with van der Waals surface area (Å²) in [5, 5.41) is 3.94. The molecule has 0 heterocycles. The highest BCUT2D eigenvalue weighted by atomic mass is 35.5. The summed E-state index contributed by atoms with van der Waals surface area (Å²) in [6.07, 6.45) is 0. The number of hydrogen-bond donors (Lipinski definition) is 1. The molecule has 5 heteroatoms. The maximum absolute atomic E-state index is 12.1. The van der Waals surface area contributed by atoms with E-state index in [4.69, 9.17) is 16.3 Å². The van der Waals surface area contributed by atoms with Gasteiger partial charge in [-0.1, -0.05) is 37.6 Å². The van der Waals surface area contributed by atoms with E-state index >= 15 is 0 Å². The molecule has 1 aromatic carbocycles.